The van der Waals surface area contributed by atoms with E-state index in [9.17, 15) is 4.79 Å². The summed E-state index contributed by atoms with van der Waals surface area (Å²) in [6.07, 6.45) is 7.28. The van der Waals surface area contributed by atoms with Gasteiger partial charge >= 0.3 is 0 Å². The van der Waals surface area contributed by atoms with E-state index >= 15 is 0 Å². The average Bonchev–Trinajstić information content (AvgIpc) is 3.25. The highest BCUT2D eigenvalue weighted by molar-refractivity contribution is 5.80. The minimum Gasteiger partial charge on any atom is -0.444 e. The number of hydrogen-bond donors (Lipinski definition) is 3. The van der Waals surface area contributed by atoms with Crippen molar-refractivity contribution < 1.29 is 9.21 Å². The monoisotopic (exact) mass is 411 g/mol. The molecule has 0 saturated heterocycles. The standard InChI is InChI=1S/C23H33N5O2/c1-3-24-23(26-14-13-25-21(29)18-7-5-4-6-8-18)27-15-20-16-30-22(28-20)19-11-9-17(2)10-12-19/h9-12,16,18H,3-8,13-15H2,1-2H3,(H,25,29)(H2,24,26,27). The van der Waals surface area contributed by atoms with Gasteiger partial charge in [0.1, 0.15) is 12.0 Å². The zero-order chi connectivity index (χ0) is 21.2. The number of nitrogens with zero attached hydrogens (tertiary/aromatic N) is 2. The van der Waals surface area contributed by atoms with Crippen LogP contribution in [0.5, 0.6) is 0 Å². The number of oxazole rings is 1. The quantitative estimate of drug-likeness (QED) is 0.352. The summed E-state index contributed by atoms with van der Waals surface area (Å²) in [7, 11) is 0. The van der Waals surface area contributed by atoms with Crippen molar-refractivity contribution in [2.45, 2.75) is 52.5 Å². The number of aryl methyl sites for hydroxylation is 1. The molecule has 1 aromatic heterocycles. The largest absolute Gasteiger partial charge is 0.444 e. The molecule has 1 aromatic carbocycles. The molecule has 1 amide bonds. The predicted octanol–water partition coefficient (Wildman–Crippen LogP) is 3.40. The average molecular weight is 412 g/mol. The number of aromatic nitrogens is 1. The normalized spacial score (nSPS) is 15.1. The molecule has 3 rings (SSSR count). The zero-order valence-corrected chi connectivity index (χ0v) is 18.0. The number of hydrogen-bond acceptors (Lipinski definition) is 4. The summed E-state index contributed by atoms with van der Waals surface area (Å²) in [5.74, 6) is 1.67. The van der Waals surface area contributed by atoms with Gasteiger partial charge in [0.25, 0.3) is 0 Å². The van der Waals surface area contributed by atoms with Crippen molar-refractivity contribution in [2.24, 2.45) is 10.9 Å². The Morgan fingerprint density at radius 2 is 1.83 bits per heavy atom. The Morgan fingerprint density at radius 1 is 1.10 bits per heavy atom. The van der Waals surface area contributed by atoms with E-state index in [0.29, 0.717) is 31.5 Å². The van der Waals surface area contributed by atoms with Crippen molar-refractivity contribution >= 4 is 11.9 Å². The van der Waals surface area contributed by atoms with Crippen molar-refractivity contribution in [3.05, 3.63) is 41.8 Å². The van der Waals surface area contributed by atoms with E-state index in [-0.39, 0.29) is 11.8 Å². The topological polar surface area (TPSA) is 91.6 Å². The molecular formula is C23H33N5O2. The highest BCUT2D eigenvalue weighted by atomic mass is 16.3. The first kappa shape index (κ1) is 21.9. The first-order valence-electron chi connectivity index (χ1n) is 11.0. The molecule has 0 bridgehead atoms. The van der Waals surface area contributed by atoms with Gasteiger partial charge in [-0.3, -0.25) is 4.79 Å². The SMILES string of the molecule is CCNC(=NCc1coc(-c2ccc(C)cc2)n1)NCCNC(=O)C1CCCCC1. The lowest BCUT2D eigenvalue weighted by Gasteiger charge is -2.20. The molecule has 3 N–H and O–H groups in total. The van der Waals surface area contributed by atoms with E-state index in [0.717, 1.165) is 30.6 Å². The Morgan fingerprint density at radius 3 is 2.57 bits per heavy atom. The van der Waals surface area contributed by atoms with Crippen molar-refractivity contribution in [1.82, 2.24) is 20.9 Å². The highest BCUT2D eigenvalue weighted by Gasteiger charge is 2.20. The van der Waals surface area contributed by atoms with Crippen molar-refractivity contribution in [2.75, 3.05) is 19.6 Å². The molecule has 7 heteroatoms. The van der Waals surface area contributed by atoms with Crippen LogP contribution in [0.4, 0.5) is 0 Å². The second kappa shape index (κ2) is 11.4. The van der Waals surface area contributed by atoms with Gasteiger partial charge in [-0.1, -0.05) is 37.0 Å². The summed E-state index contributed by atoms with van der Waals surface area (Å²) < 4.78 is 5.60. The summed E-state index contributed by atoms with van der Waals surface area (Å²) in [5.41, 5.74) is 2.93. The van der Waals surface area contributed by atoms with Crippen LogP contribution in [0.25, 0.3) is 11.5 Å². The maximum atomic E-state index is 12.2. The van der Waals surface area contributed by atoms with Crippen LogP contribution in [0.2, 0.25) is 0 Å². The summed E-state index contributed by atoms with van der Waals surface area (Å²) in [5, 5.41) is 9.51. The summed E-state index contributed by atoms with van der Waals surface area (Å²) in [6.45, 7) is 6.45. The van der Waals surface area contributed by atoms with Crippen molar-refractivity contribution in [3.63, 3.8) is 0 Å². The molecule has 0 atom stereocenters. The van der Waals surface area contributed by atoms with Gasteiger partial charge in [0.15, 0.2) is 5.96 Å². The van der Waals surface area contributed by atoms with E-state index in [2.05, 4.69) is 32.9 Å². The third-order valence-electron chi connectivity index (χ3n) is 5.29. The molecule has 1 heterocycles. The molecule has 0 spiro atoms. The van der Waals surface area contributed by atoms with Gasteiger partial charge in [0.05, 0.1) is 6.54 Å². The van der Waals surface area contributed by atoms with Gasteiger partial charge in [-0.2, -0.15) is 0 Å². The van der Waals surface area contributed by atoms with E-state index in [1.807, 2.05) is 31.2 Å². The number of carbonyl (C=O) groups excluding carboxylic acids is 1. The van der Waals surface area contributed by atoms with Crippen LogP contribution in [0.3, 0.4) is 0 Å². The number of rotatable bonds is 8. The minimum absolute atomic E-state index is 0.185. The summed E-state index contributed by atoms with van der Waals surface area (Å²) in [6, 6.07) is 8.08. The number of guanidine groups is 1. The lowest BCUT2D eigenvalue weighted by molar-refractivity contribution is -0.125. The second-order valence-electron chi connectivity index (χ2n) is 7.76. The Balaban J connectivity index is 1.46. The molecular weight excluding hydrogens is 378 g/mol. The van der Waals surface area contributed by atoms with Gasteiger partial charge in [-0.25, -0.2) is 9.98 Å². The van der Waals surface area contributed by atoms with Crippen molar-refractivity contribution in [3.8, 4) is 11.5 Å². The molecule has 7 nitrogen and oxygen atoms in total. The van der Waals surface area contributed by atoms with Gasteiger partial charge in [0, 0.05) is 31.1 Å². The molecule has 162 valence electrons. The van der Waals surface area contributed by atoms with Crippen LogP contribution in [0.1, 0.15) is 50.3 Å². The zero-order valence-electron chi connectivity index (χ0n) is 18.0. The van der Waals surface area contributed by atoms with Gasteiger partial charge in [-0.15, -0.1) is 0 Å². The van der Waals surface area contributed by atoms with Crippen LogP contribution in [0, 0.1) is 12.8 Å². The molecule has 0 aliphatic heterocycles. The molecule has 0 radical (unpaired) electrons. The minimum atomic E-state index is 0.185. The maximum Gasteiger partial charge on any atom is 0.226 e. The molecule has 0 unspecified atom stereocenters. The van der Waals surface area contributed by atoms with Crippen LogP contribution in [0.15, 0.2) is 39.9 Å². The Bertz CT molecular complexity index is 822. The fraction of sp³-hybridized carbons (Fsp3) is 0.522. The molecule has 2 aromatic rings. The van der Waals surface area contributed by atoms with Gasteiger partial charge in [-0.05, 0) is 38.8 Å². The van der Waals surface area contributed by atoms with Crippen LogP contribution < -0.4 is 16.0 Å². The summed E-state index contributed by atoms with van der Waals surface area (Å²) in [4.78, 5) is 21.3. The fourth-order valence-corrected chi connectivity index (χ4v) is 3.59. The first-order valence-corrected chi connectivity index (χ1v) is 11.0. The number of amides is 1. The number of carbonyl (C=O) groups is 1. The molecule has 1 fully saturated rings. The molecule has 1 aliphatic rings. The Hall–Kier alpha value is -2.83. The van der Waals surface area contributed by atoms with Gasteiger partial charge in [0.2, 0.25) is 11.8 Å². The predicted molar refractivity (Wildman–Crippen MR) is 119 cm³/mol. The van der Waals surface area contributed by atoms with Crippen LogP contribution >= 0.6 is 0 Å². The Kier molecular flexibility index (Phi) is 8.30. The number of aliphatic imine (C=N–C) groups is 1. The summed E-state index contributed by atoms with van der Waals surface area (Å²) >= 11 is 0. The van der Waals surface area contributed by atoms with Gasteiger partial charge < -0.3 is 20.4 Å². The maximum absolute atomic E-state index is 12.2. The van der Waals surface area contributed by atoms with E-state index in [1.165, 1.54) is 24.8 Å². The fourth-order valence-electron chi connectivity index (χ4n) is 3.59. The third kappa shape index (κ3) is 6.61. The highest BCUT2D eigenvalue weighted by Crippen LogP contribution is 2.23. The molecule has 1 saturated carbocycles. The van der Waals surface area contributed by atoms with E-state index < -0.39 is 0 Å². The van der Waals surface area contributed by atoms with E-state index in [1.54, 1.807) is 6.26 Å². The number of benzene rings is 1. The number of nitrogens with one attached hydrogen (secondary N) is 3. The van der Waals surface area contributed by atoms with Crippen LogP contribution in [-0.2, 0) is 11.3 Å². The van der Waals surface area contributed by atoms with Crippen LogP contribution in [-0.4, -0.2) is 36.5 Å². The molecule has 1 aliphatic carbocycles. The second-order valence-corrected chi connectivity index (χ2v) is 7.76. The lowest BCUT2D eigenvalue weighted by Crippen LogP contribution is -2.42. The third-order valence-corrected chi connectivity index (χ3v) is 5.29. The molecule has 30 heavy (non-hydrogen) atoms. The van der Waals surface area contributed by atoms with E-state index in [4.69, 9.17) is 4.42 Å². The lowest BCUT2D eigenvalue weighted by atomic mass is 9.89. The van der Waals surface area contributed by atoms with Crippen molar-refractivity contribution in [1.29, 1.82) is 0 Å². The Labute approximate surface area is 178 Å². The smallest absolute Gasteiger partial charge is 0.226 e. The first-order chi connectivity index (χ1) is 14.7.